The molecule has 0 radical (unpaired) electrons. The molecule has 12 heteroatoms. The Kier molecular flexibility index (Phi) is 8.41. The van der Waals surface area contributed by atoms with Gasteiger partial charge in [-0.05, 0) is 81.4 Å². The Morgan fingerprint density at radius 1 is 1.09 bits per heavy atom. The highest BCUT2D eigenvalue weighted by atomic mass is 127. The van der Waals surface area contributed by atoms with Crippen LogP contribution in [-0.4, -0.2) is 5.91 Å². The van der Waals surface area contributed by atoms with Gasteiger partial charge in [0.2, 0.25) is 0 Å². The first-order chi connectivity index (χ1) is 15.5. The summed E-state index contributed by atoms with van der Waals surface area (Å²) in [7, 11) is 0. The zero-order valence-corrected chi connectivity index (χ0v) is 19.8. The van der Waals surface area contributed by atoms with Crippen LogP contribution in [0.25, 0.3) is 6.08 Å². The van der Waals surface area contributed by atoms with Gasteiger partial charge in [0.1, 0.15) is 6.45 Å². The number of hydroxylamine groups is 1. The van der Waals surface area contributed by atoms with Crippen LogP contribution in [0.15, 0.2) is 42.5 Å². The summed E-state index contributed by atoms with van der Waals surface area (Å²) in [5.74, 6) is -0.416. The Hall–Kier alpha value is -1.69. The largest absolute Gasteiger partial charge is 0.416 e. The summed E-state index contributed by atoms with van der Waals surface area (Å²) in [4.78, 5) is 11.6. The van der Waals surface area contributed by atoms with Gasteiger partial charge in [-0.25, -0.2) is 10.1 Å². The van der Waals surface area contributed by atoms with Crippen LogP contribution < -0.4 is 5.48 Å². The number of hydrogen-bond acceptors (Lipinski definition) is 3. The lowest BCUT2D eigenvalue weighted by Crippen LogP contribution is -2.16. The summed E-state index contributed by atoms with van der Waals surface area (Å²) in [6.45, 7) is -0.309. The average Bonchev–Trinajstić information content (AvgIpc) is 3.15. The molecule has 1 N–H and O–H groups in total. The van der Waals surface area contributed by atoms with Gasteiger partial charge in [0.05, 0.1) is 23.8 Å². The molecular formula is C21H17F6INO3P. The first kappa shape index (κ1) is 25.9. The average molecular weight is 603 g/mol. The molecule has 0 heterocycles. The van der Waals surface area contributed by atoms with Crippen LogP contribution in [0.3, 0.4) is 0 Å². The molecule has 1 amide bonds. The number of carbonyl (C=O) groups excluding carboxylic acids is 1. The van der Waals surface area contributed by atoms with Gasteiger partial charge in [0, 0.05) is 6.08 Å². The number of aryl methyl sites for hydroxylation is 1. The van der Waals surface area contributed by atoms with Gasteiger partial charge in [0.25, 0.3) is 5.91 Å². The number of hydrogen-bond donors (Lipinski definition) is 1. The van der Waals surface area contributed by atoms with Crippen molar-refractivity contribution in [3.05, 3.63) is 75.9 Å². The zero-order valence-electron chi connectivity index (χ0n) is 16.7. The Balaban J connectivity index is 1.71. The van der Waals surface area contributed by atoms with E-state index in [2.05, 4.69) is 5.48 Å². The SMILES string of the molecule is O=C(/C=C/c1ccc2c(c1)CCC2OCc1cc(C(F)(F)F)cc(C(F)(F)F)c1)NOPI. The molecule has 2 unspecified atom stereocenters. The van der Waals surface area contributed by atoms with Crippen molar-refractivity contribution in [1.82, 2.24) is 5.48 Å². The molecule has 1 aliphatic carbocycles. The van der Waals surface area contributed by atoms with Crippen molar-refractivity contribution in [2.75, 3.05) is 0 Å². The van der Waals surface area contributed by atoms with Gasteiger partial charge in [-0.2, -0.15) is 26.3 Å². The first-order valence-corrected chi connectivity index (χ1v) is 13.5. The van der Waals surface area contributed by atoms with Crippen LogP contribution in [0, 0.1) is 0 Å². The molecule has 2 aromatic rings. The minimum atomic E-state index is -4.90. The quantitative estimate of drug-likeness (QED) is 0.123. The molecule has 0 saturated carbocycles. The van der Waals surface area contributed by atoms with E-state index in [0.29, 0.717) is 25.0 Å². The molecular weight excluding hydrogens is 586 g/mol. The number of fused-ring (bicyclic) bond motifs is 1. The molecule has 0 spiro atoms. The highest BCUT2D eigenvalue weighted by molar-refractivity contribution is 14.2. The van der Waals surface area contributed by atoms with Gasteiger partial charge in [0.15, 0.2) is 0 Å². The Morgan fingerprint density at radius 3 is 2.36 bits per heavy atom. The fourth-order valence-electron chi connectivity index (χ4n) is 3.45. The summed E-state index contributed by atoms with van der Waals surface area (Å²) in [6.07, 6.45) is -6.18. The van der Waals surface area contributed by atoms with Crippen molar-refractivity contribution in [2.45, 2.75) is 37.9 Å². The summed E-state index contributed by atoms with van der Waals surface area (Å²) in [5, 5.41) is 0. The second-order valence-corrected chi connectivity index (χ2v) is 8.87. The van der Waals surface area contributed by atoms with E-state index in [1.54, 1.807) is 18.2 Å². The van der Waals surface area contributed by atoms with E-state index >= 15 is 0 Å². The second kappa shape index (κ2) is 10.7. The number of halogens is 7. The summed E-state index contributed by atoms with van der Waals surface area (Å²) in [5.41, 5.74) is 1.81. The minimum Gasteiger partial charge on any atom is -0.369 e. The number of ether oxygens (including phenoxy) is 1. The van der Waals surface area contributed by atoms with Crippen molar-refractivity contribution in [2.24, 2.45) is 0 Å². The molecule has 0 aromatic heterocycles. The summed E-state index contributed by atoms with van der Waals surface area (Å²) >= 11 is 1.96. The third-order valence-electron chi connectivity index (χ3n) is 4.91. The molecule has 4 nitrogen and oxygen atoms in total. The molecule has 1 aliphatic rings. The van der Waals surface area contributed by atoms with Gasteiger partial charge in [-0.3, -0.25) is 4.79 Å². The van der Waals surface area contributed by atoms with E-state index in [9.17, 15) is 31.1 Å². The number of benzene rings is 2. The summed E-state index contributed by atoms with van der Waals surface area (Å²) in [6, 6.07) is 6.82. The number of carbonyl (C=O) groups is 1. The highest BCUT2D eigenvalue weighted by Crippen LogP contribution is 2.38. The lowest BCUT2D eigenvalue weighted by Gasteiger charge is -2.17. The van der Waals surface area contributed by atoms with Crippen molar-refractivity contribution in [3.63, 3.8) is 0 Å². The first-order valence-electron chi connectivity index (χ1n) is 9.49. The van der Waals surface area contributed by atoms with E-state index < -0.39 is 42.1 Å². The van der Waals surface area contributed by atoms with E-state index in [-0.39, 0.29) is 18.1 Å². The van der Waals surface area contributed by atoms with Crippen LogP contribution in [0.1, 0.15) is 45.9 Å². The smallest absolute Gasteiger partial charge is 0.369 e. The third-order valence-corrected chi connectivity index (χ3v) is 5.75. The normalized spacial score (nSPS) is 16.6. The standard InChI is InChI=1S/C21H17F6INO3P/c22-20(23,24)15-8-13(9-16(10-15)21(25,26)27)11-31-18-5-3-14-7-12(1-4-17(14)18)2-6-19(30)29-32-33-28/h1-2,4,6-10,18,33H,3,5,11H2,(H,29,30)/b6-2+. The zero-order chi connectivity index (χ0) is 24.2. The van der Waals surface area contributed by atoms with Crippen LogP contribution in [0.5, 0.6) is 0 Å². The number of amides is 1. The Labute approximate surface area is 200 Å². The van der Waals surface area contributed by atoms with E-state index in [1.165, 1.54) is 6.08 Å². The molecule has 0 aliphatic heterocycles. The van der Waals surface area contributed by atoms with Crippen LogP contribution >= 0.6 is 28.5 Å². The van der Waals surface area contributed by atoms with Crippen molar-refractivity contribution >= 4 is 40.5 Å². The van der Waals surface area contributed by atoms with E-state index in [4.69, 9.17) is 9.36 Å². The number of rotatable bonds is 7. The maximum atomic E-state index is 13.0. The van der Waals surface area contributed by atoms with Gasteiger partial charge in [-0.1, -0.05) is 18.2 Å². The maximum absolute atomic E-state index is 13.0. The molecule has 178 valence electrons. The molecule has 0 fully saturated rings. The fourth-order valence-corrected chi connectivity index (χ4v) is 3.92. The van der Waals surface area contributed by atoms with Gasteiger partial charge < -0.3 is 4.74 Å². The molecule has 3 rings (SSSR count). The number of nitrogens with one attached hydrogen (secondary N) is 1. The Bertz CT molecular complexity index is 1010. The predicted molar refractivity (Wildman–Crippen MR) is 119 cm³/mol. The molecule has 0 saturated heterocycles. The fraction of sp³-hybridized carbons (Fsp3) is 0.286. The predicted octanol–water partition coefficient (Wildman–Crippen LogP) is 6.93. The van der Waals surface area contributed by atoms with Crippen LogP contribution in [-0.2, 0) is 39.5 Å². The van der Waals surface area contributed by atoms with Crippen molar-refractivity contribution in [1.29, 1.82) is 0 Å². The van der Waals surface area contributed by atoms with E-state index in [0.717, 1.165) is 16.7 Å². The lowest BCUT2D eigenvalue weighted by atomic mass is 10.0. The van der Waals surface area contributed by atoms with Crippen molar-refractivity contribution in [3.8, 4) is 0 Å². The van der Waals surface area contributed by atoms with Gasteiger partial charge in [-0.15, -0.1) is 0 Å². The van der Waals surface area contributed by atoms with Gasteiger partial charge >= 0.3 is 12.4 Å². The van der Waals surface area contributed by atoms with Crippen LogP contribution in [0.4, 0.5) is 26.3 Å². The maximum Gasteiger partial charge on any atom is 0.416 e. The highest BCUT2D eigenvalue weighted by Gasteiger charge is 2.37. The monoisotopic (exact) mass is 603 g/mol. The Morgan fingerprint density at radius 2 is 1.76 bits per heavy atom. The molecule has 0 bridgehead atoms. The van der Waals surface area contributed by atoms with E-state index in [1.807, 2.05) is 28.1 Å². The number of alkyl halides is 6. The van der Waals surface area contributed by atoms with Crippen molar-refractivity contribution < 1.29 is 40.5 Å². The second-order valence-electron chi connectivity index (χ2n) is 7.19. The molecule has 33 heavy (non-hydrogen) atoms. The lowest BCUT2D eigenvalue weighted by molar-refractivity contribution is -0.143. The van der Waals surface area contributed by atoms with Crippen LogP contribution in [0.2, 0.25) is 0 Å². The topological polar surface area (TPSA) is 47.6 Å². The third kappa shape index (κ3) is 7.14. The molecule has 2 atom stereocenters. The summed E-state index contributed by atoms with van der Waals surface area (Å²) < 4.78 is 88.8. The molecule has 2 aromatic carbocycles. The minimum absolute atomic E-state index is 0.0836.